The number of aromatic nitrogens is 2. The van der Waals surface area contributed by atoms with E-state index < -0.39 is 0 Å². The molecule has 1 saturated heterocycles. The van der Waals surface area contributed by atoms with E-state index in [0.717, 1.165) is 38.5 Å². The summed E-state index contributed by atoms with van der Waals surface area (Å²) in [7, 11) is 2.05. The molecule has 0 unspecified atom stereocenters. The minimum atomic E-state index is 0.835. The zero-order valence-electron chi connectivity index (χ0n) is 12.7. The molecular weight excluding hydrogens is 236 g/mol. The largest absolute Gasteiger partial charge is 0.342 e. The first-order chi connectivity index (χ1) is 9.28. The molecular formula is C15H28N4. The van der Waals surface area contributed by atoms with Gasteiger partial charge in [0.15, 0.2) is 0 Å². The number of aryl methyl sites for hydroxylation is 2. The van der Waals surface area contributed by atoms with E-state index in [1.807, 2.05) is 7.05 Å². The lowest BCUT2D eigenvalue weighted by Crippen LogP contribution is -2.38. The van der Waals surface area contributed by atoms with E-state index in [2.05, 4.69) is 34.8 Å². The lowest BCUT2D eigenvalue weighted by atomic mass is 9.97. The van der Waals surface area contributed by atoms with Gasteiger partial charge in [0.1, 0.15) is 0 Å². The van der Waals surface area contributed by atoms with Crippen molar-refractivity contribution in [1.82, 2.24) is 14.9 Å². The second-order valence-electron chi connectivity index (χ2n) is 5.57. The first-order valence-electron chi connectivity index (χ1n) is 7.74. The average molecular weight is 264 g/mol. The summed E-state index contributed by atoms with van der Waals surface area (Å²) in [6, 6.07) is 0. The van der Waals surface area contributed by atoms with Gasteiger partial charge in [0.25, 0.3) is 0 Å². The molecule has 108 valence electrons. The molecule has 1 N–H and O–H groups in total. The highest BCUT2D eigenvalue weighted by molar-refractivity contribution is 5.34. The summed E-state index contributed by atoms with van der Waals surface area (Å²) in [6.07, 6.45) is 6.99. The molecule has 0 spiro atoms. The Morgan fingerprint density at radius 3 is 2.63 bits per heavy atom. The van der Waals surface area contributed by atoms with E-state index >= 15 is 0 Å². The molecule has 2 rings (SSSR count). The normalized spacial score (nSPS) is 17.1. The summed E-state index contributed by atoms with van der Waals surface area (Å²) >= 11 is 0. The van der Waals surface area contributed by atoms with Crippen LogP contribution in [0.25, 0.3) is 0 Å². The summed E-state index contributed by atoms with van der Waals surface area (Å²) in [5.74, 6) is 2.03. The molecule has 0 saturated carbocycles. The number of hydrogen-bond donors (Lipinski definition) is 1. The first-order valence-corrected chi connectivity index (χ1v) is 7.74. The highest BCUT2D eigenvalue weighted by Gasteiger charge is 2.22. The molecule has 2 heterocycles. The van der Waals surface area contributed by atoms with Crippen LogP contribution in [0.2, 0.25) is 0 Å². The van der Waals surface area contributed by atoms with Gasteiger partial charge < -0.3 is 14.8 Å². The smallest absolute Gasteiger partial charge is 0.205 e. The van der Waals surface area contributed by atoms with Crippen molar-refractivity contribution in [3.63, 3.8) is 0 Å². The highest BCUT2D eigenvalue weighted by Crippen LogP contribution is 2.23. The van der Waals surface area contributed by atoms with Gasteiger partial charge in [0.05, 0.1) is 5.69 Å². The minimum Gasteiger partial charge on any atom is -0.342 e. The summed E-state index contributed by atoms with van der Waals surface area (Å²) in [5.41, 5.74) is 1.22. The van der Waals surface area contributed by atoms with Crippen molar-refractivity contribution in [2.45, 2.75) is 46.1 Å². The minimum absolute atomic E-state index is 0.835. The van der Waals surface area contributed by atoms with Crippen molar-refractivity contribution in [3.05, 3.63) is 11.9 Å². The molecule has 4 nitrogen and oxygen atoms in total. The van der Waals surface area contributed by atoms with Crippen molar-refractivity contribution in [2.24, 2.45) is 5.92 Å². The number of anilines is 1. The summed E-state index contributed by atoms with van der Waals surface area (Å²) in [5, 5.41) is 3.30. The number of rotatable bonds is 6. The molecule has 0 bridgehead atoms. The molecule has 0 radical (unpaired) electrons. The third-order valence-electron chi connectivity index (χ3n) is 4.02. The van der Waals surface area contributed by atoms with Gasteiger partial charge in [0, 0.05) is 25.8 Å². The predicted octanol–water partition coefficient (Wildman–Crippen LogP) is 2.29. The first kappa shape index (κ1) is 14.4. The van der Waals surface area contributed by atoms with Gasteiger partial charge >= 0.3 is 0 Å². The molecule has 1 aliphatic rings. The molecule has 0 aromatic carbocycles. The summed E-state index contributed by atoms with van der Waals surface area (Å²) in [4.78, 5) is 7.29. The van der Waals surface area contributed by atoms with Crippen LogP contribution in [0.15, 0.2) is 6.20 Å². The molecule has 1 aromatic heterocycles. The van der Waals surface area contributed by atoms with Crippen LogP contribution in [0, 0.1) is 5.92 Å². The fourth-order valence-electron chi connectivity index (χ4n) is 2.91. The third kappa shape index (κ3) is 3.50. The Bertz CT molecular complexity index is 377. The lowest BCUT2D eigenvalue weighted by molar-refractivity contribution is 0.388. The zero-order chi connectivity index (χ0) is 13.7. The topological polar surface area (TPSA) is 33.1 Å². The van der Waals surface area contributed by atoms with Crippen LogP contribution in [-0.4, -0.2) is 36.2 Å². The summed E-state index contributed by atoms with van der Waals surface area (Å²) in [6.45, 7) is 8.94. The second-order valence-corrected chi connectivity index (χ2v) is 5.57. The van der Waals surface area contributed by atoms with Gasteiger partial charge in [-0.05, 0) is 45.2 Å². The van der Waals surface area contributed by atoms with Crippen molar-refractivity contribution in [2.75, 3.05) is 31.6 Å². The van der Waals surface area contributed by atoms with E-state index in [4.69, 9.17) is 4.98 Å². The van der Waals surface area contributed by atoms with Crippen LogP contribution in [-0.2, 0) is 13.0 Å². The van der Waals surface area contributed by atoms with E-state index in [1.165, 1.54) is 30.9 Å². The molecule has 0 aliphatic carbocycles. The maximum absolute atomic E-state index is 4.82. The number of hydrogen-bond acceptors (Lipinski definition) is 3. The predicted molar refractivity (Wildman–Crippen MR) is 80.8 cm³/mol. The van der Waals surface area contributed by atoms with Crippen LogP contribution < -0.4 is 10.2 Å². The number of nitrogens with one attached hydrogen (secondary N) is 1. The SMILES string of the molecule is CCCn1cc(CC)nc1N1CCC(CNC)CC1. The van der Waals surface area contributed by atoms with Gasteiger partial charge in [-0.2, -0.15) is 0 Å². The van der Waals surface area contributed by atoms with Crippen LogP contribution in [0.3, 0.4) is 0 Å². The summed E-state index contributed by atoms with van der Waals surface area (Å²) < 4.78 is 2.34. The fraction of sp³-hybridized carbons (Fsp3) is 0.800. The fourth-order valence-corrected chi connectivity index (χ4v) is 2.91. The molecule has 0 amide bonds. The van der Waals surface area contributed by atoms with Crippen molar-refractivity contribution >= 4 is 5.95 Å². The maximum atomic E-state index is 4.82. The average Bonchev–Trinajstić information content (AvgIpc) is 2.84. The number of piperidine rings is 1. The molecule has 1 aromatic rings. The van der Waals surface area contributed by atoms with Gasteiger partial charge in [-0.3, -0.25) is 0 Å². The van der Waals surface area contributed by atoms with Crippen LogP contribution >= 0.6 is 0 Å². The number of imidazole rings is 1. The van der Waals surface area contributed by atoms with Gasteiger partial charge in [-0.15, -0.1) is 0 Å². The van der Waals surface area contributed by atoms with E-state index in [1.54, 1.807) is 0 Å². The van der Waals surface area contributed by atoms with Crippen molar-refractivity contribution in [1.29, 1.82) is 0 Å². The Morgan fingerprint density at radius 1 is 1.32 bits per heavy atom. The lowest BCUT2D eigenvalue weighted by Gasteiger charge is -2.32. The Morgan fingerprint density at radius 2 is 2.05 bits per heavy atom. The van der Waals surface area contributed by atoms with E-state index in [0.29, 0.717) is 0 Å². The molecule has 19 heavy (non-hydrogen) atoms. The Labute approximate surface area is 117 Å². The van der Waals surface area contributed by atoms with E-state index in [9.17, 15) is 0 Å². The Kier molecular flexibility index (Phi) is 5.25. The third-order valence-corrected chi connectivity index (χ3v) is 4.02. The zero-order valence-corrected chi connectivity index (χ0v) is 12.7. The maximum Gasteiger partial charge on any atom is 0.205 e. The van der Waals surface area contributed by atoms with Gasteiger partial charge in [-0.1, -0.05) is 13.8 Å². The quantitative estimate of drug-likeness (QED) is 0.856. The van der Waals surface area contributed by atoms with Gasteiger partial charge in [-0.25, -0.2) is 4.98 Å². The van der Waals surface area contributed by atoms with Crippen LogP contribution in [0.5, 0.6) is 0 Å². The Hall–Kier alpha value is -1.03. The molecule has 4 heteroatoms. The second kappa shape index (κ2) is 6.94. The number of nitrogens with zero attached hydrogens (tertiary/aromatic N) is 3. The van der Waals surface area contributed by atoms with Crippen molar-refractivity contribution in [3.8, 4) is 0 Å². The van der Waals surface area contributed by atoms with Crippen molar-refractivity contribution < 1.29 is 0 Å². The van der Waals surface area contributed by atoms with Crippen LogP contribution in [0.1, 0.15) is 38.8 Å². The molecule has 0 atom stereocenters. The van der Waals surface area contributed by atoms with Gasteiger partial charge in [0.2, 0.25) is 5.95 Å². The van der Waals surface area contributed by atoms with E-state index in [-0.39, 0.29) is 0 Å². The Balaban J connectivity index is 2.03. The molecule has 1 aliphatic heterocycles. The standard InChI is InChI=1S/C15H28N4/c1-4-8-19-12-14(5-2)17-15(19)18-9-6-13(7-10-18)11-16-3/h12-13,16H,4-11H2,1-3H3. The molecule has 1 fully saturated rings. The highest BCUT2D eigenvalue weighted by atomic mass is 15.3. The monoisotopic (exact) mass is 264 g/mol. The van der Waals surface area contributed by atoms with Crippen LogP contribution in [0.4, 0.5) is 5.95 Å².